The second-order valence-corrected chi connectivity index (χ2v) is 9.96. The summed E-state index contributed by atoms with van der Waals surface area (Å²) in [5.41, 5.74) is 5.49. The topological polar surface area (TPSA) is 106 Å². The van der Waals surface area contributed by atoms with Gasteiger partial charge in [0.25, 0.3) is 5.56 Å². The number of nitrogens with zero attached hydrogens (tertiary/aromatic N) is 4. The van der Waals surface area contributed by atoms with E-state index in [0.29, 0.717) is 18.8 Å². The van der Waals surface area contributed by atoms with E-state index in [-0.39, 0.29) is 5.56 Å². The molecule has 1 fully saturated rings. The lowest BCUT2D eigenvalue weighted by molar-refractivity contribution is 0.0361. The molecule has 0 amide bonds. The van der Waals surface area contributed by atoms with Crippen molar-refractivity contribution >= 4 is 0 Å². The van der Waals surface area contributed by atoms with Gasteiger partial charge in [-0.25, -0.2) is 9.78 Å². The highest BCUT2D eigenvalue weighted by molar-refractivity contribution is 5.80. The molecule has 2 aromatic heterocycles. The molecule has 1 saturated heterocycles. The summed E-state index contributed by atoms with van der Waals surface area (Å²) in [6.45, 7) is 8.79. The van der Waals surface area contributed by atoms with Crippen LogP contribution >= 0.6 is 0 Å². The quantitative estimate of drug-likeness (QED) is 0.333. The minimum atomic E-state index is -0.587. The number of aromatic nitrogens is 4. The number of rotatable bonds is 10. The summed E-state index contributed by atoms with van der Waals surface area (Å²) in [4.78, 5) is 35.2. The van der Waals surface area contributed by atoms with Crippen molar-refractivity contribution in [1.29, 1.82) is 0 Å². The molecule has 4 aromatic rings. The van der Waals surface area contributed by atoms with Gasteiger partial charge in [0.15, 0.2) is 5.82 Å². The number of ether oxygens (including phenoxy) is 1. The third-order valence-corrected chi connectivity index (χ3v) is 7.32. The highest BCUT2D eigenvalue weighted by Crippen LogP contribution is 2.30. The van der Waals surface area contributed by atoms with Crippen molar-refractivity contribution in [2.45, 2.75) is 46.1 Å². The Morgan fingerprint density at radius 2 is 1.72 bits per heavy atom. The van der Waals surface area contributed by atoms with Crippen LogP contribution in [0.3, 0.4) is 0 Å². The Bertz CT molecular complexity index is 1510. The largest absolute Gasteiger partial charge is 0.439 e. The Morgan fingerprint density at radius 3 is 2.41 bits per heavy atom. The van der Waals surface area contributed by atoms with E-state index in [4.69, 9.17) is 14.2 Å². The minimum Gasteiger partial charge on any atom is -0.379 e. The van der Waals surface area contributed by atoms with E-state index in [9.17, 15) is 9.59 Å². The van der Waals surface area contributed by atoms with E-state index < -0.39 is 5.76 Å². The Labute approximate surface area is 227 Å². The summed E-state index contributed by atoms with van der Waals surface area (Å²) < 4.78 is 12.0. The molecule has 0 saturated carbocycles. The van der Waals surface area contributed by atoms with Crippen molar-refractivity contribution in [2.24, 2.45) is 0 Å². The monoisotopic (exact) mass is 529 g/mol. The number of nitrogens with one attached hydrogen (secondary N) is 1. The van der Waals surface area contributed by atoms with Crippen molar-refractivity contribution in [2.75, 3.05) is 32.8 Å². The van der Waals surface area contributed by atoms with Crippen LogP contribution < -0.4 is 11.3 Å². The minimum absolute atomic E-state index is 0.0614. The third-order valence-electron chi connectivity index (χ3n) is 7.32. The van der Waals surface area contributed by atoms with Gasteiger partial charge >= 0.3 is 5.76 Å². The molecule has 0 unspecified atom stereocenters. The summed E-state index contributed by atoms with van der Waals surface area (Å²) in [7, 11) is 0. The van der Waals surface area contributed by atoms with Gasteiger partial charge in [-0.3, -0.25) is 23.8 Å². The number of hydrogen-bond donors (Lipinski definition) is 1. The molecule has 2 aromatic carbocycles. The van der Waals surface area contributed by atoms with E-state index >= 15 is 0 Å². The average molecular weight is 530 g/mol. The summed E-state index contributed by atoms with van der Waals surface area (Å²) in [5.74, 6) is 0.584. The molecule has 0 spiro atoms. The molecule has 1 N–H and O–H groups in total. The van der Waals surface area contributed by atoms with E-state index in [0.717, 1.165) is 91.4 Å². The number of hydrogen-bond acceptors (Lipinski definition) is 7. The molecule has 1 aliphatic heterocycles. The Hall–Kier alpha value is -3.82. The van der Waals surface area contributed by atoms with Gasteiger partial charge in [0.05, 0.1) is 18.9 Å². The molecule has 9 heteroatoms. The maximum Gasteiger partial charge on any atom is 0.439 e. The fourth-order valence-corrected chi connectivity index (χ4v) is 5.11. The van der Waals surface area contributed by atoms with E-state index in [2.05, 4.69) is 34.1 Å². The maximum atomic E-state index is 13.8. The number of aryl methyl sites for hydroxylation is 2. The summed E-state index contributed by atoms with van der Waals surface area (Å²) in [6, 6.07) is 15.9. The zero-order valence-electron chi connectivity index (χ0n) is 22.6. The molecule has 9 nitrogen and oxygen atoms in total. The second kappa shape index (κ2) is 12.4. The van der Waals surface area contributed by atoms with Crippen molar-refractivity contribution in [3.8, 4) is 22.5 Å². The maximum absolute atomic E-state index is 13.8. The van der Waals surface area contributed by atoms with E-state index in [1.807, 2.05) is 47.9 Å². The SMILES string of the molecule is CCCCc1nc(C)n(CCN2CCOCC2)c(=O)c1Cc1ccc(-c2ccccc2-c2noc(=O)[nH]2)cc1. The van der Waals surface area contributed by atoms with Gasteiger partial charge in [0.1, 0.15) is 5.82 Å². The molecule has 39 heavy (non-hydrogen) atoms. The summed E-state index contributed by atoms with van der Waals surface area (Å²) in [6.07, 6.45) is 3.37. The zero-order chi connectivity index (χ0) is 27.2. The average Bonchev–Trinajstić information content (AvgIpc) is 3.40. The first-order chi connectivity index (χ1) is 19.0. The van der Waals surface area contributed by atoms with Gasteiger partial charge in [0.2, 0.25) is 0 Å². The van der Waals surface area contributed by atoms with Crippen molar-refractivity contribution < 1.29 is 9.26 Å². The van der Waals surface area contributed by atoms with Crippen LogP contribution in [0.1, 0.15) is 42.4 Å². The second-order valence-electron chi connectivity index (χ2n) is 9.96. The molecule has 0 bridgehead atoms. The molecule has 204 valence electrons. The highest BCUT2D eigenvalue weighted by atomic mass is 16.5. The lowest BCUT2D eigenvalue weighted by atomic mass is 9.96. The van der Waals surface area contributed by atoms with E-state index in [1.54, 1.807) is 0 Å². The normalized spacial score (nSPS) is 14.1. The highest BCUT2D eigenvalue weighted by Gasteiger charge is 2.17. The number of H-pyrrole nitrogens is 1. The molecule has 5 rings (SSSR count). The van der Waals surface area contributed by atoms with Crippen LogP contribution in [0.25, 0.3) is 22.5 Å². The lowest BCUT2D eigenvalue weighted by Crippen LogP contribution is -2.40. The Kier molecular flexibility index (Phi) is 8.48. The Balaban J connectivity index is 1.41. The molecular weight excluding hydrogens is 494 g/mol. The van der Waals surface area contributed by atoms with E-state index in [1.165, 1.54) is 0 Å². The van der Waals surface area contributed by atoms with Crippen LogP contribution in [0.2, 0.25) is 0 Å². The predicted octanol–water partition coefficient (Wildman–Crippen LogP) is 3.83. The molecule has 0 atom stereocenters. The van der Waals surface area contributed by atoms with Gasteiger partial charge in [-0.05, 0) is 36.5 Å². The van der Waals surface area contributed by atoms with Crippen molar-refractivity contribution in [3.63, 3.8) is 0 Å². The van der Waals surface area contributed by atoms with Crippen LogP contribution in [0.15, 0.2) is 62.6 Å². The third kappa shape index (κ3) is 6.26. The first kappa shape index (κ1) is 26.8. The first-order valence-electron chi connectivity index (χ1n) is 13.7. The number of aromatic amines is 1. The van der Waals surface area contributed by atoms with Gasteiger partial charge in [-0.15, -0.1) is 0 Å². The number of unbranched alkanes of at least 4 members (excludes halogenated alkanes) is 1. The first-order valence-corrected chi connectivity index (χ1v) is 13.7. The summed E-state index contributed by atoms with van der Waals surface area (Å²) >= 11 is 0. The van der Waals surface area contributed by atoms with Crippen molar-refractivity contribution in [1.82, 2.24) is 24.6 Å². The summed E-state index contributed by atoms with van der Waals surface area (Å²) in [5, 5.41) is 3.85. The smallest absolute Gasteiger partial charge is 0.379 e. The number of benzene rings is 2. The molecule has 3 heterocycles. The van der Waals surface area contributed by atoms with Crippen LogP contribution in [0, 0.1) is 6.92 Å². The van der Waals surface area contributed by atoms with Crippen LogP contribution in [-0.4, -0.2) is 57.4 Å². The predicted molar refractivity (Wildman–Crippen MR) is 150 cm³/mol. The number of morpholine rings is 1. The zero-order valence-corrected chi connectivity index (χ0v) is 22.6. The molecular formula is C30H35N5O4. The van der Waals surface area contributed by atoms with Crippen LogP contribution in [0.4, 0.5) is 0 Å². The fraction of sp³-hybridized carbons (Fsp3) is 0.400. The van der Waals surface area contributed by atoms with Crippen molar-refractivity contribution in [3.05, 3.63) is 92.1 Å². The molecule has 0 aliphatic carbocycles. The van der Waals surface area contributed by atoms with Gasteiger partial charge in [-0.1, -0.05) is 67.0 Å². The van der Waals surface area contributed by atoms with Crippen LogP contribution in [0.5, 0.6) is 0 Å². The standard InChI is InChI=1S/C30H35N5O4/c1-3-4-9-27-26(29(36)35(21(2)31-27)15-14-34-16-18-38-19-17-34)20-22-10-12-23(13-11-22)24-7-5-6-8-25(24)28-32-30(37)39-33-28/h5-8,10-13H,3-4,9,14-20H2,1-2H3,(H,32,33,37). The van der Waals surface area contributed by atoms with Gasteiger partial charge < -0.3 is 4.74 Å². The lowest BCUT2D eigenvalue weighted by Gasteiger charge is -2.27. The Morgan fingerprint density at radius 1 is 0.974 bits per heavy atom. The molecule has 0 radical (unpaired) electrons. The van der Waals surface area contributed by atoms with Crippen LogP contribution in [-0.2, 0) is 24.1 Å². The van der Waals surface area contributed by atoms with Gasteiger partial charge in [-0.2, -0.15) is 0 Å². The fourth-order valence-electron chi connectivity index (χ4n) is 5.11. The van der Waals surface area contributed by atoms with Gasteiger partial charge in [0, 0.05) is 43.7 Å². The molecule has 1 aliphatic rings.